The van der Waals surface area contributed by atoms with Crippen molar-refractivity contribution < 1.29 is 14.3 Å². The molecule has 19 heavy (non-hydrogen) atoms. The lowest BCUT2D eigenvalue weighted by atomic mass is 10.2. The number of nitrogens with one attached hydrogen (secondary N) is 1. The maximum atomic E-state index is 11.4. The maximum absolute atomic E-state index is 11.4. The summed E-state index contributed by atoms with van der Waals surface area (Å²) in [5, 5.41) is 10.8. The minimum Gasteiger partial charge on any atom is -0.450 e. The van der Waals surface area contributed by atoms with E-state index in [9.17, 15) is 9.59 Å². The van der Waals surface area contributed by atoms with Crippen LogP contribution in [-0.4, -0.2) is 25.0 Å². The third-order valence-electron chi connectivity index (χ3n) is 2.15. The van der Waals surface area contributed by atoms with E-state index in [-0.39, 0.29) is 25.5 Å². The van der Waals surface area contributed by atoms with E-state index in [0.717, 1.165) is 5.56 Å². The van der Waals surface area contributed by atoms with Crippen molar-refractivity contribution in [1.29, 1.82) is 5.26 Å². The lowest BCUT2D eigenvalue weighted by molar-refractivity contribution is -0.142. The van der Waals surface area contributed by atoms with Gasteiger partial charge >= 0.3 is 5.97 Å². The van der Waals surface area contributed by atoms with Gasteiger partial charge in [-0.3, -0.25) is 9.59 Å². The molecule has 0 aliphatic rings. The van der Waals surface area contributed by atoms with Gasteiger partial charge in [-0.2, -0.15) is 5.26 Å². The molecule has 0 saturated carbocycles. The van der Waals surface area contributed by atoms with Crippen LogP contribution >= 0.6 is 0 Å². The number of hydrogen-bond acceptors (Lipinski definition) is 4. The van der Waals surface area contributed by atoms with Crippen LogP contribution in [0.1, 0.15) is 12.0 Å². The minimum atomic E-state index is -0.506. The molecule has 0 spiro atoms. The van der Waals surface area contributed by atoms with Gasteiger partial charge in [0, 0.05) is 12.6 Å². The molecule has 5 nitrogen and oxygen atoms in total. The quantitative estimate of drug-likeness (QED) is 0.615. The molecule has 0 saturated heterocycles. The van der Waals surface area contributed by atoms with Gasteiger partial charge in [0.25, 0.3) is 0 Å². The van der Waals surface area contributed by atoms with Crippen molar-refractivity contribution in [2.75, 3.05) is 13.2 Å². The Balaban J connectivity index is 2.24. The number of benzene rings is 1. The Bertz CT molecular complexity index is 489. The Morgan fingerprint density at radius 2 is 2.05 bits per heavy atom. The lowest BCUT2D eigenvalue weighted by Crippen LogP contribution is -2.24. The van der Waals surface area contributed by atoms with Gasteiger partial charge in [-0.15, -0.1) is 0 Å². The third-order valence-corrected chi connectivity index (χ3v) is 2.15. The first-order chi connectivity index (χ1) is 9.22. The lowest BCUT2D eigenvalue weighted by Gasteiger charge is -2.01. The molecule has 1 aromatic carbocycles. The second kappa shape index (κ2) is 8.48. The number of amides is 1. The molecule has 0 unspecified atom stereocenters. The van der Waals surface area contributed by atoms with E-state index in [0.29, 0.717) is 0 Å². The normalized spacial score (nSPS) is 9.84. The molecule has 98 valence electrons. The zero-order valence-electron chi connectivity index (χ0n) is 10.3. The Morgan fingerprint density at radius 3 is 2.74 bits per heavy atom. The topological polar surface area (TPSA) is 79.2 Å². The first-order valence-electron chi connectivity index (χ1n) is 5.76. The smallest absolute Gasteiger partial charge is 0.308 e. The summed E-state index contributed by atoms with van der Waals surface area (Å²) in [6.45, 7) is -0.0804. The Hall–Kier alpha value is -2.61. The molecule has 0 aliphatic heterocycles. The fraction of sp³-hybridized carbons (Fsp3) is 0.214. The molecule has 0 heterocycles. The molecule has 0 atom stereocenters. The number of hydrogen-bond donors (Lipinski definition) is 1. The van der Waals surface area contributed by atoms with E-state index in [1.165, 1.54) is 6.08 Å². The molecule has 0 aromatic heterocycles. The second-order valence-corrected chi connectivity index (χ2v) is 3.60. The van der Waals surface area contributed by atoms with E-state index in [1.54, 1.807) is 12.1 Å². The summed E-state index contributed by atoms with van der Waals surface area (Å²) in [5.74, 6) is -0.786. The Morgan fingerprint density at radius 1 is 1.32 bits per heavy atom. The van der Waals surface area contributed by atoms with E-state index < -0.39 is 5.97 Å². The van der Waals surface area contributed by atoms with Crippen molar-refractivity contribution in [3.63, 3.8) is 0 Å². The number of carbonyl (C=O) groups is 2. The van der Waals surface area contributed by atoms with Crippen LogP contribution < -0.4 is 5.32 Å². The van der Waals surface area contributed by atoms with Crippen LogP contribution in [0.15, 0.2) is 36.4 Å². The number of esters is 1. The van der Waals surface area contributed by atoms with Crippen molar-refractivity contribution in [1.82, 2.24) is 5.32 Å². The minimum absolute atomic E-state index is 0.0482. The molecule has 5 heteroatoms. The van der Waals surface area contributed by atoms with Crippen molar-refractivity contribution in [3.05, 3.63) is 42.0 Å². The third kappa shape index (κ3) is 6.64. The van der Waals surface area contributed by atoms with Crippen LogP contribution in [0.4, 0.5) is 0 Å². The average molecular weight is 258 g/mol. The standard InChI is InChI=1S/C14H14N2O3/c15-9-11-19-14(18)8-10-16-13(17)7-6-12-4-2-1-3-5-12/h1-7H,8,10-11H2,(H,16,17)/b7-6+. The van der Waals surface area contributed by atoms with Crippen molar-refractivity contribution >= 4 is 18.0 Å². The highest BCUT2D eigenvalue weighted by Gasteiger charge is 2.02. The summed E-state index contributed by atoms with van der Waals surface area (Å²) >= 11 is 0. The van der Waals surface area contributed by atoms with Crippen molar-refractivity contribution in [2.45, 2.75) is 6.42 Å². The van der Waals surface area contributed by atoms with Crippen molar-refractivity contribution in [3.8, 4) is 6.07 Å². The van der Waals surface area contributed by atoms with Gasteiger partial charge in [-0.1, -0.05) is 30.3 Å². The van der Waals surface area contributed by atoms with Crippen LogP contribution in [0.5, 0.6) is 0 Å². The molecular weight excluding hydrogens is 244 g/mol. The molecular formula is C14H14N2O3. The molecule has 0 fully saturated rings. The van der Waals surface area contributed by atoms with Gasteiger partial charge < -0.3 is 10.1 Å². The Labute approximate surface area is 111 Å². The predicted octanol–water partition coefficient (Wildman–Crippen LogP) is 1.27. The largest absolute Gasteiger partial charge is 0.450 e. The number of rotatable bonds is 6. The molecule has 1 amide bonds. The number of ether oxygens (including phenoxy) is 1. The first-order valence-corrected chi connectivity index (χ1v) is 5.76. The van der Waals surface area contributed by atoms with Gasteiger partial charge in [0.2, 0.25) is 5.91 Å². The summed E-state index contributed by atoms with van der Waals surface area (Å²) in [5.41, 5.74) is 0.922. The zero-order chi connectivity index (χ0) is 13.9. The fourth-order valence-electron chi connectivity index (χ4n) is 1.27. The van der Waals surface area contributed by atoms with Crippen LogP contribution in [0.25, 0.3) is 6.08 Å². The predicted molar refractivity (Wildman–Crippen MR) is 69.7 cm³/mol. The molecule has 0 bridgehead atoms. The number of nitriles is 1. The molecule has 0 aliphatic carbocycles. The number of carbonyl (C=O) groups excluding carboxylic acids is 2. The van der Waals surface area contributed by atoms with Gasteiger partial charge in [-0.25, -0.2) is 0 Å². The average Bonchev–Trinajstić information content (AvgIpc) is 2.44. The van der Waals surface area contributed by atoms with Gasteiger partial charge in [0.1, 0.15) is 6.07 Å². The Kier molecular flexibility index (Phi) is 6.45. The van der Waals surface area contributed by atoms with E-state index in [4.69, 9.17) is 5.26 Å². The highest BCUT2D eigenvalue weighted by molar-refractivity contribution is 5.91. The summed E-state index contributed by atoms with van der Waals surface area (Å²) in [4.78, 5) is 22.4. The van der Waals surface area contributed by atoms with Gasteiger partial charge in [0.05, 0.1) is 6.42 Å². The molecule has 1 rings (SSSR count). The molecule has 0 radical (unpaired) electrons. The summed E-state index contributed by atoms with van der Waals surface area (Å²) in [7, 11) is 0. The summed E-state index contributed by atoms with van der Waals surface area (Å²) in [6.07, 6.45) is 3.13. The summed E-state index contributed by atoms with van der Waals surface area (Å²) < 4.78 is 4.53. The van der Waals surface area contributed by atoms with Crippen molar-refractivity contribution in [2.24, 2.45) is 0 Å². The first kappa shape index (κ1) is 14.5. The van der Waals surface area contributed by atoms with E-state index in [1.807, 2.05) is 30.3 Å². The van der Waals surface area contributed by atoms with Gasteiger partial charge in [-0.05, 0) is 11.6 Å². The van der Waals surface area contributed by atoms with Crippen LogP contribution in [0.2, 0.25) is 0 Å². The second-order valence-electron chi connectivity index (χ2n) is 3.60. The maximum Gasteiger partial charge on any atom is 0.308 e. The van der Waals surface area contributed by atoms with E-state index >= 15 is 0 Å². The summed E-state index contributed by atoms with van der Waals surface area (Å²) in [6, 6.07) is 11.1. The van der Waals surface area contributed by atoms with Crippen LogP contribution in [0.3, 0.4) is 0 Å². The SMILES string of the molecule is N#CCOC(=O)CCNC(=O)/C=C/c1ccccc1. The van der Waals surface area contributed by atoms with Gasteiger partial charge in [0.15, 0.2) is 6.61 Å². The molecule has 1 N–H and O–H groups in total. The molecule has 1 aromatic rings. The highest BCUT2D eigenvalue weighted by Crippen LogP contribution is 2.00. The zero-order valence-corrected chi connectivity index (χ0v) is 10.3. The van der Waals surface area contributed by atoms with E-state index in [2.05, 4.69) is 10.1 Å². The van der Waals surface area contributed by atoms with Crippen LogP contribution in [-0.2, 0) is 14.3 Å². The number of nitrogens with zero attached hydrogens (tertiary/aromatic N) is 1. The van der Waals surface area contributed by atoms with Crippen LogP contribution in [0, 0.1) is 11.3 Å². The fourth-order valence-corrected chi connectivity index (χ4v) is 1.27. The monoisotopic (exact) mass is 258 g/mol. The highest BCUT2D eigenvalue weighted by atomic mass is 16.5.